The summed E-state index contributed by atoms with van der Waals surface area (Å²) in [4.78, 5) is 36.1. The van der Waals surface area contributed by atoms with Crippen molar-refractivity contribution in [3.8, 4) is 0 Å². The summed E-state index contributed by atoms with van der Waals surface area (Å²) in [5.74, 6) is 0.598. The fourth-order valence-electron chi connectivity index (χ4n) is 3.89. The van der Waals surface area contributed by atoms with Crippen LogP contribution in [0.5, 0.6) is 0 Å². The van der Waals surface area contributed by atoms with Crippen molar-refractivity contribution in [3.63, 3.8) is 0 Å². The summed E-state index contributed by atoms with van der Waals surface area (Å²) < 4.78 is 1.74. The molecule has 28 heavy (non-hydrogen) atoms. The van der Waals surface area contributed by atoms with Gasteiger partial charge in [-0.05, 0) is 49.6 Å². The fraction of sp³-hybridized carbons (Fsp3) is 0.238. The SMILES string of the molecule is Cc1ccc(NC(=O)c2sc3nc4n(c(=O)c3c2C)CCC4)c2cccnc12. The number of nitrogens with zero attached hydrogens (tertiary/aromatic N) is 3. The highest BCUT2D eigenvalue weighted by molar-refractivity contribution is 7.20. The van der Waals surface area contributed by atoms with E-state index < -0.39 is 0 Å². The van der Waals surface area contributed by atoms with Crippen LogP contribution in [0.3, 0.4) is 0 Å². The minimum Gasteiger partial charge on any atom is -0.321 e. The molecule has 4 aromatic rings. The molecule has 0 saturated heterocycles. The van der Waals surface area contributed by atoms with Crippen molar-refractivity contribution in [1.82, 2.24) is 14.5 Å². The second-order valence-corrected chi connectivity index (χ2v) is 8.11. The van der Waals surface area contributed by atoms with Gasteiger partial charge in [0.25, 0.3) is 11.5 Å². The Morgan fingerprint density at radius 3 is 2.96 bits per heavy atom. The summed E-state index contributed by atoms with van der Waals surface area (Å²) in [5, 5.41) is 4.46. The number of thiophene rings is 1. The highest BCUT2D eigenvalue weighted by atomic mass is 32.1. The van der Waals surface area contributed by atoms with E-state index in [1.54, 1.807) is 10.8 Å². The van der Waals surface area contributed by atoms with Crippen molar-refractivity contribution in [2.24, 2.45) is 0 Å². The van der Waals surface area contributed by atoms with E-state index in [4.69, 9.17) is 0 Å². The molecule has 0 fully saturated rings. The Kier molecular flexibility index (Phi) is 3.80. The van der Waals surface area contributed by atoms with Gasteiger partial charge in [-0.1, -0.05) is 6.07 Å². The molecule has 0 radical (unpaired) electrons. The van der Waals surface area contributed by atoms with E-state index in [1.165, 1.54) is 11.3 Å². The molecular formula is C21H18N4O2S. The predicted molar refractivity (Wildman–Crippen MR) is 111 cm³/mol. The molecule has 140 valence electrons. The summed E-state index contributed by atoms with van der Waals surface area (Å²) in [7, 11) is 0. The van der Waals surface area contributed by atoms with Crippen LogP contribution in [0.2, 0.25) is 0 Å². The molecule has 1 aliphatic heterocycles. The first kappa shape index (κ1) is 17.1. The van der Waals surface area contributed by atoms with Crippen molar-refractivity contribution in [2.45, 2.75) is 33.2 Å². The quantitative estimate of drug-likeness (QED) is 0.564. The third kappa shape index (κ3) is 2.46. The van der Waals surface area contributed by atoms with Gasteiger partial charge in [-0.15, -0.1) is 11.3 Å². The Balaban J connectivity index is 1.59. The second-order valence-electron chi connectivity index (χ2n) is 7.11. The number of aromatic nitrogens is 3. The van der Waals surface area contributed by atoms with Crippen molar-refractivity contribution in [1.29, 1.82) is 0 Å². The number of carbonyl (C=O) groups is 1. The summed E-state index contributed by atoms with van der Waals surface area (Å²) in [6, 6.07) is 7.64. The average molecular weight is 390 g/mol. The maximum atomic E-state index is 13.0. The Labute approximate surface area is 164 Å². The molecule has 0 saturated carbocycles. The van der Waals surface area contributed by atoms with Crippen molar-refractivity contribution in [2.75, 3.05) is 5.32 Å². The molecule has 1 aliphatic rings. The zero-order chi connectivity index (χ0) is 19.4. The lowest BCUT2D eigenvalue weighted by atomic mass is 10.1. The van der Waals surface area contributed by atoms with E-state index in [-0.39, 0.29) is 11.5 Å². The molecular weight excluding hydrogens is 372 g/mol. The van der Waals surface area contributed by atoms with Gasteiger partial charge in [0, 0.05) is 24.5 Å². The normalized spacial score (nSPS) is 13.2. The van der Waals surface area contributed by atoms with Gasteiger partial charge in [0.05, 0.1) is 21.5 Å². The molecule has 1 N–H and O–H groups in total. The molecule has 3 aromatic heterocycles. The van der Waals surface area contributed by atoms with Gasteiger partial charge in [-0.3, -0.25) is 19.1 Å². The number of amides is 1. The maximum absolute atomic E-state index is 13.0. The van der Waals surface area contributed by atoms with Gasteiger partial charge in [-0.25, -0.2) is 4.98 Å². The molecule has 5 rings (SSSR count). The van der Waals surface area contributed by atoms with Crippen LogP contribution in [-0.4, -0.2) is 20.4 Å². The fourth-order valence-corrected chi connectivity index (χ4v) is 4.98. The molecule has 0 spiro atoms. The van der Waals surface area contributed by atoms with Crippen LogP contribution in [0.15, 0.2) is 35.3 Å². The summed E-state index contributed by atoms with van der Waals surface area (Å²) >= 11 is 1.29. The number of aryl methyl sites for hydroxylation is 3. The smallest absolute Gasteiger partial charge is 0.266 e. The minimum atomic E-state index is -0.223. The molecule has 0 atom stereocenters. The van der Waals surface area contributed by atoms with Crippen LogP contribution in [0.25, 0.3) is 21.1 Å². The van der Waals surface area contributed by atoms with E-state index in [2.05, 4.69) is 15.3 Å². The van der Waals surface area contributed by atoms with Crippen LogP contribution < -0.4 is 10.9 Å². The maximum Gasteiger partial charge on any atom is 0.266 e. The number of pyridine rings is 1. The lowest BCUT2D eigenvalue weighted by molar-refractivity contribution is 0.103. The largest absolute Gasteiger partial charge is 0.321 e. The van der Waals surface area contributed by atoms with Crippen molar-refractivity contribution < 1.29 is 4.79 Å². The van der Waals surface area contributed by atoms with Crippen LogP contribution in [-0.2, 0) is 13.0 Å². The Morgan fingerprint density at radius 2 is 2.11 bits per heavy atom. The third-order valence-electron chi connectivity index (χ3n) is 5.34. The monoisotopic (exact) mass is 390 g/mol. The molecule has 0 aliphatic carbocycles. The molecule has 4 heterocycles. The zero-order valence-corrected chi connectivity index (χ0v) is 16.4. The van der Waals surface area contributed by atoms with E-state index in [1.807, 2.05) is 38.1 Å². The second kappa shape index (κ2) is 6.24. The van der Waals surface area contributed by atoms with Gasteiger partial charge < -0.3 is 5.32 Å². The molecule has 0 bridgehead atoms. The summed E-state index contributed by atoms with van der Waals surface area (Å²) in [6.45, 7) is 4.53. The predicted octanol–water partition coefficient (Wildman–Crippen LogP) is 3.82. The molecule has 7 heteroatoms. The first-order valence-corrected chi connectivity index (χ1v) is 10.0. The first-order valence-electron chi connectivity index (χ1n) is 9.23. The molecule has 1 amide bonds. The average Bonchev–Trinajstić information content (AvgIpc) is 3.29. The van der Waals surface area contributed by atoms with Gasteiger partial charge in [-0.2, -0.15) is 0 Å². The number of hydrogen-bond acceptors (Lipinski definition) is 5. The van der Waals surface area contributed by atoms with Gasteiger partial charge >= 0.3 is 0 Å². The summed E-state index contributed by atoms with van der Waals surface area (Å²) in [6.07, 6.45) is 3.50. The van der Waals surface area contributed by atoms with Crippen molar-refractivity contribution >= 4 is 44.1 Å². The van der Waals surface area contributed by atoms with Crippen LogP contribution in [0, 0.1) is 13.8 Å². The zero-order valence-electron chi connectivity index (χ0n) is 15.6. The molecule has 1 aromatic carbocycles. The van der Waals surface area contributed by atoms with Crippen LogP contribution in [0.4, 0.5) is 5.69 Å². The van der Waals surface area contributed by atoms with E-state index in [0.717, 1.165) is 35.1 Å². The van der Waals surface area contributed by atoms with Gasteiger partial charge in [0.15, 0.2) is 0 Å². The number of rotatable bonds is 2. The molecule has 0 unspecified atom stereocenters. The lowest BCUT2D eigenvalue weighted by Gasteiger charge is -2.09. The van der Waals surface area contributed by atoms with Gasteiger partial charge in [0.2, 0.25) is 0 Å². The Morgan fingerprint density at radius 1 is 1.25 bits per heavy atom. The van der Waals surface area contributed by atoms with Gasteiger partial charge in [0.1, 0.15) is 10.7 Å². The number of nitrogens with one attached hydrogen (secondary N) is 1. The highest BCUT2D eigenvalue weighted by Crippen LogP contribution is 2.31. The topological polar surface area (TPSA) is 76.9 Å². The number of anilines is 1. The Bertz CT molecular complexity index is 1340. The summed E-state index contributed by atoms with van der Waals surface area (Å²) in [5.41, 5.74) is 3.30. The van der Waals surface area contributed by atoms with Crippen molar-refractivity contribution in [3.05, 3.63) is 62.6 Å². The van der Waals surface area contributed by atoms with E-state index in [9.17, 15) is 9.59 Å². The Hall–Kier alpha value is -3.06. The lowest BCUT2D eigenvalue weighted by Crippen LogP contribution is -2.20. The standard InChI is InChI=1S/C21H18N4O2S/c1-11-7-8-14(13-5-3-9-22-17(11)13)23-19(26)18-12(2)16-20(28-18)24-15-6-4-10-25(15)21(16)27/h3,5,7-9H,4,6,10H2,1-2H3,(H,23,26). The van der Waals surface area contributed by atoms with E-state index in [0.29, 0.717) is 32.9 Å². The molecule has 6 nitrogen and oxygen atoms in total. The van der Waals surface area contributed by atoms with E-state index >= 15 is 0 Å². The number of carbonyl (C=O) groups excluding carboxylic acids is 1. The third-order valence-corrected chi connectivity index (χ3v) is 6.52. The van der Waals surface area contributed by atoms with Crippen LogP contribution >= 0.6 is 11.3 Å². The number of fused-ring (bicyclic) bond motifs is 3. The highest BCUT2D eigenvalue weighted by Gasteiger charge is 2.23. The van der Waals surface area contributed by atoms with Crippen LogP contribution in [0.1, 0.15) is 33.0 Å². The first-order chi connectivity index (χ1) is 13.5. The number of benzene rings is 1. The minimum absolute atomic E-state index is 0.0321. The number of hydrogen-bond donors (Lipinski definition) is 1.